The van der Waals surface area contributed by atoms with E-state index >= 15 is 0 Å². The quantitative estimate of drug-likeness (QED) is 0.349. The second kappa shape index (κ2) is 11.3. The van der Waals surface area contributed by atoms with Gasteiger partial charge in [0.05, 0.1) is 5.56 Å². The van der Waals surface area contributed by atoms with Gasteiger partial charge in [0, 0.05) is 36.0 Å². The number of ether oxygens (including phenoxy) is 1. The number of fused-ring (bicyclic) bond motifs is 1. The lowest BCUT2D eigenvalue weighted by Gasteiger charge is -2.21. The van der Waals surface area contributed by atoms with Crippen molar-refractivity contribution in [3.05, 3.63) is 65.9 Å². The number of aliphatic hydroxyl groups is 1. The summed E-state index contributed by atoms with van der Waals surface area (Å²) in [7, 11) is 0. The molecule has 0 aliphatic carbocycles. The van der Waals surface area contributed by atoms with Crippen LogP contribution in [-0.2, 0) is 22.2 Å². The number of H-pyrrole nitrogens is 1. The lowest BCUT2D eigenvalue weighted by molar-refractivity contribution is -0.137. The SMILES string of the molecule is CC(C)C(=O)NC(Cc1c[nH]c2ccccc12)C(=O)NCC(O)COc1cccc(C(F)(F)F)c1. The molecule has 0 saturated carbocycles. The summed E-state index contributed by atoms with van der Waals surface area (Å²) in [4.78, 5) is 28.3. The van der Waals surface area contributed by atoms with Gasteiger partial charge in [0.15, 0.2) is 0 Å². The fourth-order valence-electron chi connectivity index (χ4n) is 3.42. The average Bonchev–Trinajstić information content (AvgIpc) is 3.23. The van der Waals surface area contributed by atoms with Gasteiger partial charge in [-0.2, -0.15) is 13.2 Å². The van der Waals surface area contributed by atoms with Crippen LogP contribution >= 0.6 is 0 Å². The minimum Gasteiger partial charge on any atom is -0.491 e. The van der Waals surface area contributed by atoms with Crippen LogP contribution in [0.2, 0.25) is 0 Å². The Morgan fingerprint density at radius 1 is 1.09 bits per heavy atom. The van der Waals surface area contributed by atoms with Crippen molar-refractivity contribution in [1.82, 2.24) is 15.6 Å². The molecule has 35 heavy (non-hydrogen) atoms. The van der Waals surface area contributed by atoms with Crippen LogP contribution in [0.5, 0.6) is 5.75 Å². The fraction of sp³-hybridized carbons (Fsp3) is 0.360. The van der Waals surface area contributed by atoms with E-state index in [0.29, 0.717) is 0 Å². The Hall–Kier alpha value is -3.53. The first kappa shape index (κ1) is 26.1. The highest BCUT2D eigenvalue weighted by atomic mass is 19.4. The van der Waals surface area contributed by atoms with E-state index in [2.05, 4.69) is 15.6 Å². The number of aliphatic hydroxyl groups excluding tert-OH is 1. The molecular weight excluding hydrogens is 463 g/mol. The van der Waals surface area contributed by atoms with E-state index in [0.717, 1.165) is 28.6 Å². The maximum Gasteiger partial charge on any atom is 0.416 e. The molecule has 1 heterocycles. The third kappa shape index (κ3) is 7.22. The number of nitrogens with one attached hydrogen (secondary N) is 3. The molecule has 1 aromatic heterocycles. The first-order chi connectivity index (χ1) is 16.5. The number of aromatic nitrogens is 1. The average molecular weight is 492 g/mol. The van der Waals surface area contributed by atoms with Crippen molar-refractivity contribution < 1.29 is 32.6 Å². The summed E-state index contributed by atoms with van der Waals surface area (Å²) in [6.45, 7) is 2.89. The Balaban J connectivity index is 1.60. The number of carbonyl (C=O) groups excluding carboxylic acids is 2. The van der Waals surface area contributed by atoms with Crippen molar-refractivity contribution in [1.29, 1.82) is 0 Å². The molecule has 188 valence electrons. The summed E-state index contributed by atoms with van der Waals surface area (Å²) in [6.07, 6.45) is -3.68. The van der Waals surface area contributed by atoms with Crippen LogP contribution in [0.25, 0.3) is 10.9 Å². The van der Waals surface area contributed by atoms with E-state index in [4.69, 9.17) is 4.74 Å². The predicted molar refractivity (Wildman–Crippen MR) is 125 cm³/mol. The molecule has 0 fully saturated rings. The zero-order valence-corrected chi connectivity index (χ0v) is 19.4. The Labute approximate surface area is 200 Å². The maximum atomic E-state index is 12.9. The lowest BCUT2D eigenvalue weighted by atomic mass is 10.0. The second-order valence-electron chi connectivity index (χ2n) is 8.52. The fourth-order valence-corrected chi connectivity index (χ4v) is 3.42. The standard InChI is InChI=1S/C25H28F3N3O4/c1-15(2)23(33)31-22(10-16-12-29-21-9-4-3-8-20(16)21)24(34)30-13-18(32)14-35-19-7-5-6-17(11-19)25(26,27)28/h3-9,11-12,15,18,22,29,32H,10,13-14H2,1-2H3,(H,30,34)(H,31,33). The van der Waals surface area contributed by atoms with Crippen molar-refractivity contribution in [3.63, 3.8) is 0 Å². The van der Waals surface area contributed by atoms with Crippen molar-refractivity contribution >= 4 is 22.7 Å². The predicted octanol–water partition coefficient (Wildman–Crippen LogP) is 3.43. The van der Waals surface area contributed by atoms with Crippen LogP contribution in [0.1, 0.15) is 25.0 Å². The molecule has 2 amide bonds. The molecule has 0 aliphatic heterocycles. The van der Waals surface area contributed by atoms with Crippen molar-refractivity contribution in [3.8, 4) is 5.75 Å². The number of hydrogen-bond acceptors (Lipinski definition) is 4. The summed E-state index contributed by atoms with van der Waals surface area (Å²) >= 11 is 0. The van der Waals surface area contributed by atoms with E-state index in [1.165, 1.54) is 12.1 Å². The van der Waals surface area contributed by atoms with Gasteiger partial charge < -0.3 is 25.5 Å². The number of alkyl halides is 3. The van der Waals surface area contributed by atoms with Crippen LogP contribution in [0.15, 0.2) is 54.7 Å². The third-order valence-electron chi connectivity index (χ3n) is 5.37. The van der Waals surface area contributed by atoms with Gasteiger partial charge in [0.1, 0.15) is 24.5 Å². The van der Waals surface area contributed by atoms with E-state index in [1.807, 2.05) is 24.3 Å². The van der Waals surface area contributed by atoms with E-state index in [-0.39, 0.29) is 37.1 Å². The molecule has 3 rings (SSSR count). The number of rotatable bonds is 10. The Morgan fingerprint density at radius 3 is 2.54 bits per heavy atom. The molecule has 0 bridgehead atoms. The molecule has 2 atom stereocenters. The van der Waals surface area contributed by atoms with Gasteiger partial charge in [-0.05, 0) is 29.8 Å². The number of benzene rings is 2. The van der Waals surface area contributed by atoms with Gasteiger partial charge >= 0.3 is 6.18 Å². The molecule has 7 nitrogen and oxygen atoms in total. The van der Waals surface area contributed by atoms with Crippen LogP contribution in [0, 0.1) is 5.92 Å². The van der Waals surface area contributed by atoms with Crippen molar-refractivity contribution in [2.24, 2.45) is 5.92 Å². The monoisotopic (exact) mass is 491 g/mol. The molecule has 10 heteroatoms. The normalized spacial score (nSPS) is 13.5. The van der Waals surface area contributed by atoms with E-state index in [9.17, 15) is 27.9 Å². The van der Waals surface area contributed by atoms with E-state index < -0.39 is 29.8 Å². The molecule has 3 aromatic rings. The summed E-state index contributed by atoms with van der Waals surface area (Å²) < 4.78 is 43.7. The summed E-state index contributed by atoms with van der Waals surface area (Å²) in [5.41, 5.74) is 0.885. The van der Waals surface area contributed by atoms with E-state index in [1.54, 1.807) is 20.0 Å². The van der Waals surface area contributed by atoms with Gasteiger partial charge in [-0.1, -0.05) is 38.1 Å². The van der Waals surface area contributed by atoms with Gasteiger partial charge in [-0.15, -0.1) is 0 Å². The Bertz CT molecular complexity index is 1160. The van der Waals surface area contributed by atoms with Crippen molar-refractivity contribution in [2.75, 3.05) is 13.2 Å². The number of amides is 2. The van der Waals surface area contributed by atoms with Gasteiger partial charge in [-0.25, -0.2) is 0 Å². The van der Waals surface area contributed by atoms with Crippen LogP contribution < -0.4 is 15.4 Å². The second-order valence-corrected chi connectivity index (χ2v) is 8.52. The number of halogens is 3. The Kier molecular flexibility index (Phi) is 8.39. The molecule has 4 N–H and O–H groups in total. The Morgan fingerprint density at radius 2 is 1.83 bits per heavy atom. The summed E-state index contributed by atoms with van der Waals surface area (Å²) in [5.74, 6) is -1.17. The lowest BCUT2D eigenvalue weighted by Crippen LogP contribution is -2.50. The largest absolute Gasteiger partial charge is 0.491 e. The molecule has 0 radical (unpaired) electrons. The smallest absolute Gasteiger partial charge is 0.416 e. The number of carbonyl (C=O) groups is 2. The highest BCUT2D eigenvalue weighted by molar-refractivity contribution is 5.90. The van der Waals surface area contributed by atoms with Crippen LogP contribution in [0.4, 0.5) is 13.2 Å². The highest BCUT2D eigenvalue weighted by Gasteiger charge is 2.30. The highest BCUT2D eigenvalue weighted by Crippen LogP contribution is 2.31. The molecule has 2 aromatic carbocycles. The minimum absolute atomic E-state index is 0.0494. The molecule has 0 aliphatic rings. The van der Waals surface area contributed by atoms with Gasteiger partial charge in [0.25, 0.3) is 0 Å². The zero-order valence-electron chi connectivity index (χ0n) is 19.4. The van der Waals surface area contributed by atoms with Crippen molar-refractivity contribution in [2.45, 2.75) is 38.6 Å². The number of hydrogen-bond donors (Lipinski definition) is 4. The van der Waals surface area contributed by atoms with Gasteiger partial charge in [0.2, 0.25) is 11.8 Å². The molecule has 0 saturated heterocycles. The first-order valence-electron chi connectivity index (χ1n) is 11.2. The molecule has 2 unspecified atom stereocenters. The minimum atomic E-state index is -4.51. The summed E-state index contributed by atoms with van der Waals surface area (Å²) in [6, 6.07) is 11.0. The molecule has 0 spiro atoms. The summed E-state index contributed by atoms with van der Waals surface area (Å²) in [5, 5.41) is 16.4. The topological polar surface area (TPSA) is 103 Å². The number of aromatic amines is 1. The maximum absolute atomic E-state index is 12.9. The first-order valence-corrected chi connectivity index (χ1v) is 11.2. The molecular formula is C25H28F3N3O4. The zero-order chi connectivity index (χ0) is 25.6. The number of para-hydroxylation sites is 1. The van der Waals surface area contributed by atoms with Gasteiger partial charge in [-0.3, -0.25) is 9.59 Å². The third-order valence-corrected chi connectivity index (χ3v) is 5.37. The van der Waals surface area contributed by atoms with Crippen LogP contribution in [0.3, 0.4) is 0 Å². The van der Waals surface area contributed by atoms with Crippen LogP contribution in [-0.4, -0.2) is 47.2 Å².